The SMILES string of the molecule is Cc1nn2c(SCc3cccc(F)c3)nnc2[nH]c1=O. The lowest BCUT2D eigenvalue weighted by Crippen LogP contribution is -2.15. The van der Waals surface area contributed by atoms with Gasteiger partial charge in [-0.05, 0) is 24.6 Å². The summed E-state index contributed by atoms with van der Waals surface area (Å²) in [5.74, 6) is 0.563. The summed E-state index contributed by atoms with van der Waals surface area (Å²) >= 11 is 1.37. The Hall–Kier alpha value is -2.22. The number of fused-ring (bicyclic) bond motifs is 1. The molecule has 3 rings (SSSR count). The third kappa shape index (κ3) is 2.42. The molecule has 0 bridgehead atoms. The standard InChI is InChI=1S/C12H10FN5OS/c1-7-10(19)14-11-15-16-12(18(11)17-7)20-6-8-3-2-4-9(13)5-8/h2-5H,6H2,1H3,(H,14,15,19). The third-order valence-electron chi connectivity index (χ3n) is 2.67. The summed E-state index contributed by atoms with van der Waals surface area (Å²) < 4.78 is 14.6. The van der Waals surface area contributed by atoms with Crippen molar-refractivity contribution in [2.24, 2.45) is 0 Å². The summed E-state index contributed by atoms with van der Waals surface area (Å²) in [5, 5.41) is 12.5. The van der Waals surface area contributed by atoms with Crippen LogP contribution in [0.3, 0.4) is 0 Å². The van der Waals surface area contributed by atoms with E-state index >= 15 is 0 Å². The van der Waals surface area contributed by atoms with Crippen molar-refractivity contribution in [3.05, 3.63) is 51.7 Å². The average Bonchev–Trinajstić information content (AvgIpc) is 2.79. The number of halogens is 1. The largest absolute Gasteiger partial charge is 0.288 e. The van der Waals surface area contributed by atoms with E-state index in [1.807, 2.05) is 6.07 Å². The van der Waals surface area contributed by atoms with Gasteiger partial charge < -0.3 is 0 Å². The fourth-order valence-electron chi connectivity index (χ4n) is 1.69. The molecule has 2 heterocycles. The fraction of sp³-hybridized carbons (Fsp3) is 0.167. The Balaban J connectivity index is 1.88. The second-order valence-corrected chi connectivity index (χ2v) is 5.12. The van der Waals surface area contributed by atoms with E-state index in [0.717, 1.165) is 5.56 Å². The van der Waals surface area contributed by atoms with Crippen LogP contribution in [0.2, 0.25) is 0 Å². The number of nitrogens with one attached hydrogen (secondary N) is 1. The van der Waals surface area contributed by atoms with E-state index in [1.165, 1.54) is 28.4 Å². The fourth-order valence-corrected chi connectivity index (χ4v) is 2.51. The van der Waals surface area contributed by atoms with Gasteiger partial charge in [0.05, 0.1) is 0 Å². The van der Waals surface area contributed by atoms with Gasteiger partial charge in [0.25, 0.3) is 11.3 Å². The van der Waals surface area contributed by atoms with Crippen LogP contribution >= 0.6 is 11.8 Å². The lowest BCUT2D eigenvalue weighted by atomic mass is 10.2. The Morgan fingerprint density at radius 1 is 1.40 bits per heavy atom. The molecule has 0 fully saturated rings. The first-order valence-corrected chi connectivity index (χ1v) is 6.81. The highest BCUT2D eigenvalue weighted by Crippen LogP contribution is 2.20. The minimum absolute atomic E-state index is 0.271. The molecule has 0 aliphatic heterocycles. The molecular formula is C12H10FN5OS. The van der Waals surface area contributed by atoms with Gasteiger partial charge in [-0.25, -0.2) is 4.39 Å². The predicted octanol–water partition coefficient (Wildman–Crippen LogP) is 1.55. The molecule has 20 heavy (non-hydrogen) atoms. The number of hydrogen-bond acceptors (Lipinski definition) is 5. The molecule has 0 spiro atoms. The summed E-state index contributed by atoms with van der Waals surface area (Å²) in [5.41, 5.74) is 0.893. The first kappa shape index (κ1) is 12.8. The van der Waals surface area contributed by atoms with E-state index < -0.39 is 0 Å². The van der Waals surface area contributed by atoms with Crippen LogP contribution < -0.4 is 5.56 Å². The topological polar surface area (TPSA) is 75.9 Å². The van der Waals surface area contributed by atoms with Gasteiger partial charge in [-0.1, -0.05) is 23.9 Å². The van der Waals surface area contributed by atoms with Crippen LogP contribution in [-0.2, 0) is 5.75 Å². The molecule has 6 nitrogen and oxygen atoms in total. The summed E-state index contributed by atoms with van der Waals surface area (Å²) in [6.07, 6.45) is 0. The summed E-state index contributed by atoms with van der Waals surface area (Å²) in [6, 6.07) is 6.36. The monoisotopic (exact) mass is 291 g/mol. The number of aryl methyl sites for hydroxylation is 1. The second-order valence-electron chi connectivity index (χ2n) is 4.18. The van der Waals surface area contributed by atoms with Crippen LogP contribution in [0.15, 0.2) is 34.2 Å². The van der Waals surface area contributed by atoms with Gasteiger partial charge in [-0.2, -0.15) is 9.61 Å². The van der Waals surface area contributed by atoms with Crippen LogP contribution in [0.5, 0.6) is 0 Å². The molecular weight excluding hydrogens is 281 g/mol. The molecule has 0 aliphatic rings. The van der Waals surface area contributed by atoms with Crippen molar-refractivity contribution in [1.29, 1.82) is 0 Å². The van der Waals surface area contributed by atoms with Crippen LogP contribution in [0, 0.1) is 12.7 Å². The maximum absolute atomic E-state index is 13.1. The number of aromatic nitrogens is 5. The number of nitrogens with zero attached hydrogens (tertiary/aromatic N) is 4. The minimum Gasteiger partial charge on any atom is -0.288 e. The van der Waals surface area contributed by atoms with Crippen molar-refractivity contribution in [1.82, 2.24) is 24.8 Å². The lowest BCUT2D eigenvalue weighted by Gasteiger charge is -2.00. The van der Waals surface area contributed by atoms with Crippen LogP contribution in [0.25, 0.3) is 5.78 Å². The zero-order chi connectivity index (χ0) is 14.1. The smallest absolute Gasteiger partial charge is 0.273 e. The normalized spacial score (nSPS) is 11.1. The van der Waals surface area contributed by atoms with Gasteiger partial charge in [0.2, 0.25) is 5.16 Å². The second kappa shape index (κ2) is 5.04. The van der Waals surface area contributed by atoms with E-state index in [1.54, 1.807) is 13.0 Å². The Morgan fingerprint density at radius 3 is 3.05 bits per heavy atom. The summed E-state index contributed by atoms with van der Waals surface area (Å²) in [6.45, 7) is 1.61. The van der Waals surface area contributed by atoms with E-state index in [4.69, 9.17) is 0 Å². The molecule has 2 aromatic heterocycles. The van der Waals surface area contributed by atoms with E-state index in [9.17, 15) is 9.18 Å². The number of rotatable bonds is 3. The molecule has 0 unspecified atom stereocenters. The maximum Gasteiger partial charge on any atom is 0.273 e. The highest BCUT2D eigenvalue weighted by atomic mass is 32.2. The first-order valence-electron chi connectivity index (χ1n) is 5.83. The van der Waals surface area contributed by atoms with Crippen molar-refractivity contribution < 1.29 is 4.39 Å². The molecule has 0 amide bonds. The van der Waals surface area contributed by atoms with Crippen LogP contribution in [0.1, 0.15) is 11.3 Å². The van der Waals surface area contributed by atoms with Crippen molar-refractivity contribution >= 4 is 17.5 Å². The first-order chi connectivity index (χ1) is 9.63. The van der Waals surface area contributed by atoms with Crippen molar-refractivity contribution in [3.63, 3.8) is 0 Å². The Kier molecular flexibility index (Phi) is 3.23. The molecule has 0 aliphatic carbocycles. The Labute approximate surface area is 117 Å². The van der Waals surface area contributed by atoms with Crippen molar-refractivity contribution in [2.75, 3.05) is 0 Å². The minimum atomic E-state index is -0.286. The van der Waals surface area contributed by atoms with E-state index in [0.29, 0.717) is 22.4 Å². The highest BCUT2D eigenvalue weighted by Gasteiger charge is 2.10. The van der Waals surface area contributed by atoms with Gasteiger partial charge in [0, 0.05) is 5.75 Å². The lowest BCUT2D eigenvalue weighted by molar-refractivity contribution is 0.626. The van der Waals surface area contributed by atoms with Gasteiger partial charge in [-0.3, -0.25) is 9.78 Å². The molecule has 1 N–H and O–H groups in total. The van der Waals surface area contributed by atoms with E-state index in [2.05, 4.69) is 20.3 Å². The molecule has 3 aromatic rings. The van der Waals surface area contributed by atoms with Gasteiger partial charge in [-0.15, -0.1) is 10.2 Å². The van der Waals surface area contributed by atoms with Crippen molar-refractivity contribution in [3.8, 4) is 0 Å². The molecule has 0 radical (unpaired) electrons. The predicted molar refractivity (Wildman–Crippen MR) is 72.1 cm³/mol. The molecule has 8 heteroatoms. The molecule has 0 atom stereocenters. The van der Waals surface area contributed by atoms with E-state index in [-0.39, 0.29) is 11.4 Å². The highest BCUT2D eigenvalue weighted by molar-refractivity contribution is 7.98. The summed E-state index contributed by atoms with van der Waals surface area (Å²) in [7, 11) is 0. The van der Waals surface area contributed by atoms with Gasteiger partial charge >= 0.3 is 0 Å². The van der Waals surface area contributed by atoms with Gasteiger partial charge in [0.1, 0.15) is 11.5 Å². The Bertz CT molecular complexity index is 828. The number of hydrogen-bond donors (Lipinski definition) is 1. The van der Waals surface area contributed by atoms with Crippen LogP contribution in [0.4, 0.5) is 4.39 Å². The molecule has 1 aromatic carbocycles. The third-order valence-corrected chi connectivity index (χ3v) is 3.66. The Morgan fingerprint density at radius 2 is 2.25 bits per heavy atom. The zero-order valence-electron chi connectivity index (χ0n) is 10.5. The van der Waals surface area contributed by atoms with Crippen LogP contribution in [-0.4, -0.2) is 24.8 Å². The quantitative estimate of drug-likeness (QED) is 0.741. The molecule has 102 valence electrons. The number of thioether (sulfide) groups is 1. The summed E-state index contributed by atoms with van der Waals surface area (Å²) in [4.78, 5) is 14.0. The number of aromatic amines is 1. The average molecular weight is 291 g/mol. The molecule has 0 saturated carbocycles. The van der Waals surface area contributed by atoms with Crippen molar-refractivity contribution in [2.45, 2.75) is 17.8 Å². The zero-order valence-corrected chi connectivity index (χ0v) is 11.3. The number of H-pyrrole nitrogens is 1. The number of benzene rings is 1. The maximum atomic E-state index is 13.1. The van der Waals surface area contributed by atoms with Gasteiger partial charge in [0.15, 0.2) is 0 Å². The molecule has 0 saturated heterocycles.